The zero-order chi connectivity index (χ0) is 5.82. The molecule has 1 aliphatic rings. The van der Waals surface area contributed by atoms with Crippen LogP contribution in [0.3, 0.4) is 0 Å². The predicted octanol–water partition coefficient (Wildman–Crippen LogP) is 2.82. The second-order valence-electron chi connectivity index (χ2n) is 1.68. The molecule has 0 unspecified atom stereocenters. The van der Waals surface area contributed by atoms with E-state index in [1.54, 1.807) is 0 Å². The zero-order valence-corrected chi connectivity index (χ0v) is 6.63. The van der Waals surface area contributed by atoms with Crippen LogP contribution in [-0.4, -0.2) is 0 Å². The third kappa shape index (κ3) is 1.47. The van der Waals surface area contributed by atoms with Crippen molar-refractivity contribution in [2.75, 3.05) is 0 Å². The smallest absolute Gasteiger partial charge is 0.00898 e. The Labute approximate surface area is 63.1 Å². The Kier molecular flexibility index (Phi) is 2.33. The molecule has 0 aromatic rings. The van der Waals surface area contributed by atoms with Gasteiger partial charge in [-0.3, -0.25) is 0 Å². The largest absolute Gasteiger partial charge is 0.0801 e. The van der Waals surface area contributed by atoms with Gasteiger partial charge >= 0.3 is 0 Å². The second-order valence-corrected chi connectivity index (χ2v) is 2.30. The molecule has 0 radical (unpaired) electrons. The zero-order valence-electron chi connectivity index (χ0n) is 4.47. The summed E-state index contributed by atoms with van der Waals surface area (Å²) in [5, 5.41) is 0. The lowest BCUT2D eigenvalue weighted by Crippen LogP contribution is -1.76. The Morgan fingerprint density at radius 2 is 2.38 bits per heavy atom. The summed E-state index contributed by atoms with van der Waals surface area (Å²) in [5.41, 5.74) is 1.40. The molecule has 42 valence electrons. The monoisotopic (exact) mass is 218 g/mol. The molecule has 0 spiro atoms. The van der Waals surface area contributed by atoms with Gasteiger partial charge in [-0.15, -0.1) is 0 Å². The second kappa shape index (κ2) is 3.07. The SMILES string of the molecule is IC=C1C=CC=CC1. The third-order valence-corrected chi connectivity index (χ3v) is 1.85. The van der Waals surface area contributed by atoms with Gasteiger partial charge in [0.25, 0.3) is 0 Å². The molecule has 0 amide bonds. The summed E-state index contributed by atoms with van der Waals surface area (Å²) in [4.78, 5) is 0. The number of rotatable bonds is 0. The van der Waals surface area contributed by atoms with Crippen molar-refractivity contribution in [2.45, 2.75) is 6.42 Å². The van der Waals surface area contributed by atoms with Gasteiger partial charge in [-0.1, -0.05) is 46.9 Å². The van der Waals surface area contributed by atoms with E-state index in [0.29, 0.717) is 0 Å². The lowest BCUT2D eigenvalue weighted by atomic mass is 10.1. The summed E-state index contributed by atoms with van der Waals surface area (Å²) in [7, 11) is 0. The fourth-order valence-electron chi connectivity index (χ4n) is 0.611. The molecule has 0 aromatic carbocycles. The van der Waals surface area contributed by atoms with Gasteiger partial charge in [0.05, 0.1) is 0 Å². The Morgan fingerprint density at radius 1 is 1.50 bits per heavy atom. The number of hydrogen-bond acceptors (Lipinski definition) is 0. The van der Waals surface area contributed by atoms with E-state index in [4.69, 9.17) is 0 Å². The molecule has 0 bridgehead atoms. The highest BCUT2D eigenvalue weighted by Crippen LogP contribution is 2.11. The van der Waals surface area contributed by atoms with Gasteiger partial charge in [-0.2, -0.15) is 0 Å². The molecule has 8 heavy (non-hydrogen) atoms. The summed E-state index contributed by atoms with van der Waals surface area (Å²) in [6, 6.07) is 0. The molecule has 0 atom stereocenters. The van der Waals surface area contributed by atoms with E-state index < -0.39 is 0 Å². The Bertz CT molecular complexity index is 152. The highest BCUT2D eigenvalue weighted by Gasteiger charge is 1.88. The standard InChI is InChI=1S/C7H7I/c8-6-7-4-2-1-3-5-7/h1-4,6H,5H2. The summed E-state index contributed by atoms with van der Waals surface area (Å²) >= 11 is 2.26. The van der Waals surface area contributed by atoms with Crippen molar-refractivity contribution in [3.05, 3.63) is 34.0 Å². The lowest BCUT2D eigenvalue weighted by Gasteiger charge is -1.96. The molecule has 0 saturated carbocycles. The molecule has 0 nitrogen and oxygen atoms in total. The highest BCUT2D eigenvalue weighted by molar-refractivity contribution is 14.1. The number of allylic oxidation sites excluding steroid dienone is 5. The molecule has 0 aliphatic heterocycles. The van der Waals surface area contributed by atoms with Gasteiger partial charge in [0.2, 0.25) is 0 Å². The van der Waals surface area contributed by atoms with Crippen molar-refractivity contribution in [2.24, 2.45) is 0 Å². The molecule has 1 heteroatoms. The first-order valence-corrected chi connectivity index (χ1v) is 3.80. The van der Waals surface area contributed by atoms with Crippen molar-refractivity contribution < 1.29 is 0 Å². The summed E-state index contributed by atoms with van der Waals surface area (Å²) in [6.07, 6.45) is 9.52. The topological polar surface area (TPSA) is 0 Å². The minimum atomic E-state index is 1.10. The van der Waals surface area contributed by atoms with Crippen LogP contribution >= 0.6 is 22.6 Å². The van der Waals surface area contributed by atoms with Crippen LogP contribution in [-0.2, 0) is 0 Å². The first-order chi connectivity index (χ1) is 3.93. The highest BCUT2D eigenvalue weighted by atomic mass is 127. The molecule has 0 fully saturated rings. The molecule has 0 heterocycles. The quantitative estimate of drug-likeness (QED) is 0.548. The third-order valence-electron chi connectivity index (χ3n) is 1.05. The molecule has 1 rings (SSSR count). The van der Waals surface area contributed by atoms with E-state index in [9.17, 15) is 0 Å². The first kappa shape index (κ1) is 6.08. The van der Waals surface area contributed by atoms with Gasteiger partial charge in [0.1, 0.15) is 0 Å². The maximum atomic E-state index is 2.26. The minimum absolute atomic E-state index is 1.10. The van der Waals surface area contributed by atoms with E-state index in [-0.39, 0.29) is 0 Å². The van der Waals surface area contributed by atoms with E-state index in [0.717, 1.165) is 6.42 Å². The van der Waals surface area contributed by atoms with Crippen LogP contribution in [0, 0.1) is 0 Å². The number of hydrogen-bond donors (Lipinski definition) is 0. The summed E-state index contributed by atoms with van der Waals surface area (Å²) in [5.74, 6) is 0. The summed E-state index contributed by atoms with van der Waals surface area (Å²) in [6.45, 7) is 0. The predicted molar refractivity (Wildman–Crippen MR) is 45.0 cm³/mol. The van der Waals surface area contributed by atoms with Crippen LogP contribution in [0.25, 0.3) is 0 Å². The lowest BCUT2D eigenvalue weighted by molar-refractivity contribution is 1.28. The van der Waals surface area contributed by atoms with Gasteiger partial charge in [0.15, 0.2) is 0 Å². The van der Waals surface area contributed by atoms with Crippen molar-refractivity contribution in [3.8, 4) is 0 Å². The average molecular weight is 218 g/mol. The van der Waals surface area contributed by atoms with Gasteiger partial charge in [0, 0.05) is 0 Å². The Balaban J connectivity index is 2.66. The summed E-state index contributed by atoms with van der Waals surface area (Å²) < 4.78 is 2.11. The van der Waals surface area contributed by atoms with Crippen molar-refractivity contribution in [1.82, 2.24) is 0 Å². The molecule has 0 saturated heterocycles. The fourth-order valence-corrected chi connectivity index (χ4v) is 1.07. The van der Waals surface area contributed by atoms with Gasteiger partial charge < -0.3 is 0 Å². The fraction of sp³-hybridized carbons (Fsp3) is 0.143. The molecule has 0 aromatic heterocycles. The maximum Gasteiger partial charge on any atom is -0.00898 e. The molecular weight excluding hydrogens is 211 g/mol. The van der Waals surface area contributed by atoms with Gasteiger partial charge in [-0.05, 0) is 16.1 Å². The van der Waals surface area contributed by atoms with E-state index in [1.807, 2.05) is 0 Å². The molecule has 1 aliphatic carbocycles. The number of halogens is 1. The van der Waals surface area contributed by atoms with Crippen LogP contribution < -0.4 is 0 Å². The van der Waals surface area contributed by atoms with Crippen LogP contribution in [0.5, 0.6) is 0 Å². The van der Waals surface area contributed by atoms with Crippen molar-refractivity contribution in [3.63, 3.8) is 0 Å². The first-order valence-electron chi connectivity index (χ1n) is 2.56. The molecular formula is C7H7I. The Hall–Kier alpha value is -0.0500. The molecule has 0 N–H and O–H groups in total. The van der Waals surface area contributed by atoms with Crippen molar-refractivity contribution >= 4 is 22.6 Å². The average Bonchev–Trinajstić information content (AvgIpc) is 1.90. The van der Waals surface area contributed by atoms with Crippen LogP contribution in [0.4, 0.5) is 0 Å². The van der Waals surface area contributed by atoms with Crippen LogP contribution in [0.15, 0.2) is 34.0 Å². The van der Waals surface area contributed by atoms with Crippen LogP contribution in [0.2, 0.25) is 0 Å². The van der Waals surface area contributed by atoms with Gasteiger partial charge in [-0.25, -0.2) is 0 Å². The van der Waals surface area contributed by atoms with Crippen molar-refractivity contribution in [1.29, 1.82) is 0 Å². The van der Waals surface area contributed by atoms with Crippen LogP contribution in [0.1, 0.15) is 6.42 Å². The van der Waals surface area contributed by atoms with E-state index >= 15 is 0 Å². The Morgan fingerprint density at radius 3 is 2.75 bits per heavy atom. The van der Waals surface area contributed by atoms with E-state index in [1.165, 1.54) is 5.57 Å². The maximum absolute atomic E-state index is 2.26. The van der Waals surface area contributed by atoms with E-state index in [2.05, 4.69) is 51.0 Å². The minimum Gasteiger partial charge on any atom is -0.0801 e. The normalized spacial score (nSPS) is 22.4.